The lowest BCUT2D eigenvalue weighted by molar-refractivity contribution is -0.120. The summed E-state index contributed by atoms with van der Waals surface area (Å²) in [6, 6.07) is 5.97. The highest BCUT2D eigenvalue weighted by atomic mass is 16.5. The van der Waals surface area contributed by atoms with Crippen LogP contribution in [0.1, 0.15) is 15.9 Å². The van der Waals surface area contributed by atoms with Crippen molar-refractivity contribution < 1.29 is 19.1 Å². The quantitative estimate of drug-likeness (QED) is 0.527. The van der Waals surface area contributed by atoms with Crippen molar-refractivity contribution in [1.29, 1.82) is 0 Å². The van der Waals surface area contributed by atoms with E-state index in [1.54, 1.807) is 24.3 Å². The maximum Gasteiger partial charge on any atom is 0.338 e. The van der Waals surface area contributed by atoms with Gasteiger partial charge in [0.15, 0.2) is 0 Å². The van der Waals surface area contributed by atoms with E-state index >= 15 is 0 Å². The van der Waals surface area contributed by atoms with Crippen molar-refractivity contribution in [3.05, 3.63) is 48.0 Å². The number of nitrogens with two attached hydrogens (primary N) is 2. The van der Waals surface area contributed by atoms with Crippen molar-refractivity contribution in [3.63, 3.8) is 0 Å². The molecule has 4 N–H and O–H groups in total. The molecule has 0 aliphatic rings. The molecule has 1 aromatic carbocycles. The third-order valence-electron chi connectivity index (χ3n) is 2.43. The highest BCUT2D eigenvalue weighted by molar-refractivity contribution is 5.89. The summed E-state index contributed by atoms with van der Waals surface area (Å²) in [4.78, 5) is 22.4. The molecule has 0 aromatic heterocycles. The van der Waals surface area contributed by atoms with Gasteiger partial charge in [0.2, 0.25) is 5.91 Å². The van der Waals surface area contributed by atoms with Crippen LogP contribution in [0.15, 0.2) is 36.9 Å². The number of amides is 1. The minimum absolute atomic E-state index is 0.0282. The number of hydrogen-bond donors (Lipinski definition) is 2. The first-order valence-electron chi connectivity index (χ1n) is 6.04. The Morgan fingerprint density at radius 1 is 1.40 bits per heavy atom. The summed E-state index contributed by atoms with van der Waals surface area (Å²) in [6.45, 7) is 3.88. The summed E-state index contributed by atoms with van der Waals surface area (Å²) in [5, 5.41) is 0. The van der Waals surface area contributed by atoms with Gasteiger partial charge in [-0.05, 0) is 17.7 Å². The zero-order valence-electron chi connectivity index (χ0n) is 11.1. The number of esters is 1. The lowest BCUT2D eigenvalue weighted by atomic mass is 10.1. The zero-order valence-corrected chi connectivity index (χ0v) is 11.1. The molecule has 0 saturated carbocycles. The van der Waals surface area contributed by atoms with Crippen molar-refractivity contribution in [3.8, 4) is 0 Å². The van der Waals surface area contributed by atoms with Crippen LogP contribution in [0.5, 0.6) is 0 Å². The Labute approximate surface area is 117 Å². The monoisotopic (exact) mass is 278 g/mol. The van der Waals surface area contributed by atoms with Crippen LogP contribution in [0.2, 0.25) is 0 Å². The third kappa shape index (κ3) is 5.21. The lowest BCUT2D eigenvalue weighted by Crippen LogP contribution is -2.40. The van der Waals surface area contributed by atoms with Crippen molar-refractivity contribution in [2.45, 2.75) is 12.6 Å². The van der Waals surface area contributed by atoms with Crippen LogP contribution in [0.4, 0.5) is 0 Å². The maximum absolute atomic E-state index is 11.6. The Hall–Kier alpha value is -2.18. The fourth-order valence-corrected chi connectivity index (χ4v) is 1.39. The average molecular weight is 278 g/mol. The van der Waals surface area contributed by atoms with Crippen LogP contribution < -0.4 is 11.5 Å². The van der Waals surface area contributed by atoms with E-state index in [1.165, 1.54) is 6.08 Å². The number of carbonyl (C=O) groups excluding carboxylic acids is 2. The van der Waals surface area contributed by atoms with Gasteiger partial charge in [-0.25, -0.2) is 4.79 Å². The van der Waals surface area contributed by atoms with Gasteiger partial charge in [-0.15, -0.1) is 0 Å². The molecule has 1 rings (SSSR count). The van der Waals surface area contributed by atoms with E-state index in [0.717, 1.165) is 5.56 Å². The molecule has 1 unspecified atom stereocenters. The van der Waals surface area contributed by atoms with E-state index in [2.05, 4.69) is 6.58 Å². The zero-order chi connectivity index (χ0) is 15.0. The largest absolute Gasteiger partial charge is 0.458 e. The van der Waals surface area contributed by atoms with E-state index in [0.29, 0.717) is 5.56 Å². The second kappa shape index (κ2) is 8.08. The number of rotatable bonds is 8. The first-order chi connectivity index (χ1) is 9.54. The molecule has 1 amide bonds. The molecule has 0 aliphatic heterocycles. The molecule has 0 heterocycles. The first-order valence-corrected chi connectivity index (χ1v) is 6.04. The topological polar surface area (TPSA) is 105 Å². The fraction of sp³-hybridized carbons (Fsp3) is 0.286. The molecule has 0 radical (unpaired) electrons. The molecule has 1 aromatic rings. The molecule has 20 heavy (non-hydrogen) atoms. The second-order valence-corrected chi connectivity index (χ2v) is 4.11. The van der Waals surface area contributed by atoms with Gasteiger partial charge >= 0.3 is 5.97 Å². The van der Waals surface area contributed by atoms with Gasteiger partial charge in [-0.1, -0.05) is 24.8 Å². The first kappa shape index (κ1) is 15.9. The van der Waals surface area contributed by atoms with E-state index in [-0.39, 0.29) is 19.8 Å². The maximum atomic E-state index is 11.6. The minimum atomic E-state index is -0.837. The summed E-state index contributed by atoms with van der Waals surface area (Å²) in [5.41, 5.74) is 11.6. The summed E-state index contributed by atoms with van der Waals surface area (Å²) < 4.78 is 10.2. The number of hydrogen-bond acceptors (Lipinski definition) is 5. The van der Waals surface area contributed by atoms with Crippen LogP contribution in [0.3, 0.4) is 0 Å². The number of carbonyl (C=O) groups is 2. The molecule has 108 valence electrons. The Morgan fingerprint density at radius 3 is 2.80 bits per heavy atom. The van der Waals surface area contributed by atoms with Gasteiger partial charge in [-0.2, -0.15) is 0 Å². The van der Waals surface area contributed by atoms with E-state index in [1.807, 2.05) is 0 Å². The number of primary amides is 1. The molecule has 0 aliphatic carbocycles. The van der Waals surface area contributed by atoms with Crippen molar-refractivity contribution in [1.82, 2.24) is 0 Å². The van der Waals surface area contributed by atoms with E-state index < -0.39 is 17.9 Å². The molecule has 6 nitrogen and oxygen atoms in total. The van der Waals surface area contributed by atoms with Crippen LogP contribution >= 0.6 is 0 Å². The fourth-order valence-electron chi connectivity index (χ4n) is 1.39. The molecule has 0 fully saturated rings. The summed E-state index contributed by atoms with van der Waals surface area (Å²) in [7, 11) is 0. The van der Waals surface area contributed by atoms with Gasteiger partial charge in [0.05, 0.1) is 18.8 Å². The van der Waals surface area contributed by atoms with Crippen molar-refractivity contribution in [2.24, 2.45) is 11.5 Å². The summed E-state index contributed by atoms with van der Waals surface area (Å²) in [6.07, 6.45) is 1.50. The van der Waals surface area contributed by atoms with Gasteiger partial charge in [0.25, 0.3) is 0 Å². The Kier molecular flexibility index (Phi) is 6.42. The highest BCUT2D eigenvalue weighted by Gasteiger charge is 2.10. The predicted octanol–water partition coefficient (Wildman–Crippen LogP) is 0.359. The third-order valence-corrected chi connectivity index (χ3v) is 2.43. The van der Waals surface area contributed by atoms with Crippen molar-refractivity contribution in [2.75, 3.05) is 13.2 Å². The molecular weight excluding hydrogens is 260 g/mol. The predicted molar refractivity (Wildman–Crippen MR) is 73.7 cm³/mol. The van der Waals surface area contributed by atoms with Crippen LogP contribution in [-0.4, -0.2) is 31.1 Å². The Morgan fingerprint density at radius 2 is 2.15 bits per heavy atom. The van der Waals surface area contributed by atoms with Crippen LogP contribution in [-0.2, 0) is 20.9 Å². The molecule has 0 bridgehead atoms. The molecule has 1 atom stereocenters. The number of benzene rings is 1. The Balaban J connectivity index is 2.53. The SMILES string of the molecule is C=CCOC(=O)c1cccc(COCC(N)C(N)=O)c1. The second-order valence-electron chi connectivity index (χ2n) is 4.11. The summed E-state index contributed by atoms with van der Waals surface area (Å²) in [5.74, 6) is -1.05. The standard InChI is InChI=1S/C14H18N2O4/c1-2-6-20-14(18)11-5-3-4-10(7-11)8-19-9-12(15)13(16)17/h2-5,7,12H,1,6,8-9,15H2,(H2,16,17). The Bertz CT molecular complexity index is 488. The van der Waals surface area contributed by atoms with Gasteiger partial charge in [0.1, 0.15) is 12.6 Å². The minimum Gasteiger partial charge on any atom is -0.458 e. The molecule has 6 heteroatoms. The molecule has 0 spiro atoms. The molecular formula is C14H18N2O4. The van der Waals surface area contributed by atoms with Crippen LogP contribution in [0.25, 0.3) is 0 Å². The van der Waals surface area contributed by atoms with Gasteiger partial charge in [-0.3, -0.25) is 4.79 Å². The van der Waals surface area contributed by atoms with Crippen molar-refractivity contribution >= 4 is 11.9 Å². The lowest BCUT2D eigenvalue weighted by Gasteiger charge is -2.09. The van der Waals surface area contributed by atoms with Gasteiger partial charge < -0.3 is 20.9 Å². The summed E-state index contributed by atoms with van der Waals surface area (Å²) >= 11 is 0. The smallest absolute Gasteiger partial charge is 0.338 e. The van der Waals surface area contributed by atoms with E-state index in [4.69, 9.17) is 20.9 Å². The number of ether oxygens (including phenoxy) is 2. The van der Waals surface area contributed by atoms with E-state index in [9.17, 15) is 9.59 Å². The van der Waals surface area contributed by atoms with Crippen LogP contribution in [0, 0.1) is 0 Å². The highest BCUT2D eigenvalue weighted by Crippen LogP contribution is 2.08. The normalized spacial score (nSPS) is 11.7. The molecule has 0 saturated heterocycles. The van der Waals surface area contributed by atoms with Gasteiger partial charge in [0, 0.05) is 0 Å². The average Bonchev–Trinajstić information content (AvgIpc) is 2.44.